The zero-order chi connectivity index (χ0) is 11.1. The quantitative estimate of drug-likeness (QED) is 0.716. The SMILES string of the molecule is C/C=C/CCN1CCCNC(C(C)C)C1. The van der Waals surface area contributed by atoms with E-state index in [1.54, 1.807) is 0 Å². The molecule has 2 nitrogen and oxygen atoms in total. The van der Waals surface area contributed by atoms with E-state index < -0.39 is 0 Å². The van der Waals surface area contributed by atoms with E-state index in [-0.39, 0.29) is 0 Å². The monoisotopic (exact) mass is 210 g/mol. The highest BCUT2D eigenvalue weighted by atomic mass is 15.2. The molecular formula is C13H26N2. The van der Waals surface area contributed by atoms with Crippen molar-refractivity contribution in [2.75, 3.05) is 26.2 Å². The van der Waals surface area contributed by atoms with Gasteiger partial charge in [0.25, 0.3) is 0 Å². The summed E-state index contributed by atoms with van der Waals surface area (Å²) < 4.78 is 0. The second-order valence-electron chi connectivity index (χ2n) is 4.82. The zero-order valence-electron chi connectivity index (χ0n) is 10.5. The smallest absolute Gasteiger partial charge is 0.0217 e. The summed E-state index contributed by atoms with van der Waals surface area (Å²) in [6, 6.07) is 0.679. The molecule has 0 amide bonds. The van der Waals surface area contributed by atoms with Crippen molar-refractivity contribution in [1.29, 1.82) is 0 Å². The molecule has 1 aliphatic heterocycles. The van der Waals surface area contributed by atoms with Gasteiger partial charge < -0.3 is 10.2 Å². The lowest BCUT2D eigenvalue weighted by molar-refractivity contribution is 0.249. The average Bonchev–Trinajstić information content (AvgIpc) is 2.44. The molecule has 1 heterocycles. The topological polar surface area (TPSA) is 15.3 Å². The Balaban J connectivity index is 2.35. The van der Waals surface area contributed by atoms with Crippen molar-refractivity contribution in [2.24, 2.45) is 5.92 Å². The lowest BCUT2D eigenvalue weighted by Gasteiger charge is -2.26. The minimum Gasteiger partial charge on any atom is -0.312 e. The van der Waals surface area contributed by atoms with Gasteiger partial charge in [0.15, 0.2) is 0 Å². The first-order valence-corrected chi connectivity index (χ1v) is 6.31. The molecule has 0 aromatic rings. The maximum absolute atomic E-state index is 3.64. The Labute approximate surface area is 94.7 Å². The molecule has 1 unspecified atom stereocenters. The Morgan fingerprint density at radius 1 is 1.47 bits per heavy atom. The van der Waals surface area contributed by atoms with Gasteiger partial charge in [0.05, 0.1) is 0 Å². The molecule has 15 heavy (non-hydrogen) atoms. The minimum atomic E-state index is 0.679. The first kappa shape index (κ1) is 12.7. The zero-order valence-corrected chi connectivity index (χ0v) is 10.5. The van der Waals surface area contributed by atoms with Crippen LogP contribution in [-0.2, 0) is 0 Å². The van der Waals surface area contributed by atoms with E-state index in [1.807, 2.05) is 0 Å². The Kier molecular flexibility index (Phi) is 5.96. The fourth-order valence-corrected chi connectivity index (χ4v) is 2.10. The van der Waals surface area contributed by atoms with Crippen molar-refractivity contribution in [3.8, 4) is 0 Å². The van der Waals surface area contributed by atoms with Crippen molar-refractivity contribution >= 4 is 0 Å². The normalized spacial score (nSPS) is 24.9. The average molecular weight is 210 g/mol. The van der Waals surface area contributed by atoms with Gasteiger partial charge in [-0.1, -0.05) is 26.0 Å². The Bertz CT molecular complexity index is 187. The molecule has 0 bridgehead atoms. The Hall–Kier alpha value is -0.340. The van der Waals surface area contributed by atoms with Gasteiger partial charge in [-0.15, -0.1) is 0 Å². The first-order valence-electron chi connectivity index (χ1n) is 6.31. The van der Waals surface area contributed by atoms with Crippen LogP contribution in [-0.4, -0.2) is 37.1 Å². The molecule has 1 saturated heterocycles. The van der Waals surface area contributed by atoms with Crippen molar-refractivity contribution in [2.45, 2.75) is 39.7 Å². The summed E-state index contributed by atoms with van der Waals surface area (Å²) in [6.45, 7) is 11.6. The molecule has 88 valence electrons. The Morgan fingerprint density at radius 2 is 2.27 bits per heavy atom. The summed E-state index contributed by atoms with van der Waals surface area (Å²) in [7, 11) is 0. The predicted octanol–water partition coefficient (Wildman–Crippen LogP) is 2.27. The molecule has 1 rings (SSSR count). The van der Waals surface area contributed by atoms with Crippen molar-refractivity contribution in [3.63, 3.8) is 0 Å². The number of hydrogen-bond donors (Lipinski definition) is 1. The molecule has 0 spiro atoms. The molecule has 0 aliphatic carbocycles. The number of nitrogens with zero attached hydrogens (tertiary/aromatic N) is 1. The van der Waals surface area contributed by atoms with Gasteiger partial charge in [0, 0.05) is 19.1 Å². The van der Waals surface area contributed by atoms with Crippen molar-refractivity contribution in [3.05, 3.63) is 12.2 Å². The van der Waals surface area contributed by atoms with E-state index in [2.05, 4.69) is 43.1 Å². The van der Waals surface area contributed by atoms with E-state index in [9.17, 15) is 0 Å². The number of nitrogens with one attached hydrogen (secondary N) is 1. The molecule has 1 fully saturated rings. The van der Waals surface area contributed by atoms with Gasteiger partial charge in [-0.05, 0) is 38.8 Å². The largest absolute Gasteiger partial charge is 0.312 e. The van der Waals surface area contributed by atoms with Crippen LogP contribution in [0.15, 0.2) is 12.2 Å². The molecule has 2 heteroatoms. The van der Waals surface area contributed by atoms with Crippen LogP contribution in [0.2, 0.25) is 0 Å². The highest BCUT2D eigenvalue weighted by molar-refractivity contribution is 4.82. The standard InChI is InChI=1S/C13H26N2/c1-4-5-6-9-15-10-7-8-14-13(11-15)12(2)3/h4-5,12-14H,6-11H2,1-3H3/b5-4+. The van der Waals surface area contributed by atoms with E-state index in [0.29, 0.717) is 6.04 Å². The van der Waals surface area contributed by atoms with Gasteiger partial charge >= 0.3 is 0 Å². The van der Waals surface area contributed by atoms with Crippen LogP contribution in [0.4, 0.5) is 0 Å². The fourth-order valence-electron chi connectivity index (χ4n) is 2.10. The second-order valence-corrected chi connectivity index (χ2v) is 4.82. The minimum absolute atomic E-state index is 0.679. The van der Waals surface area contributed by atoms with Crippen LogP contribution < -0.4 is 5.32 Å². The lowest BCUT2D eigenvalue weighted by atomic mass is 10.0. The molecule has 0 radical (unpaired) electrons. The molecule has 0 aromatic heterocycles. The van der Waals surface area contributed by atoms with Crippen molar-refractivity contribution in [1.82, 2.24) is 10.2 Å². The molecule has 0 aromatic carbocycles. The van der Waals surface area contributed by atoms with E-state index in [4.69, 9.17) is 0 Å². The number of hydrogen-bond acceptors (Lipinski definition) is 2. The third-order valence-corrected chi connectivity index (χ3v) is 3.16. The highest BCUT2D eigenvalue weighted by Gasteiger charge is 2.19. The van der Waals surface area contributed by atoms with E-state index in [0.717, 1.165) is 5.92 Å². The van der Waals surface area contributed by atoms with Gasteiger partial charge in [-0.25, -0.2) is 0 Å². The first-order chi connectivity index (χ1) is 7.24. The van der Waals surface area contributed by atoms with Gasteiger partial charge in [-0.3, -0.25) is 0 Å². The molecule has 1 aliphatic rings. The summed E-state index contributed by atoms with van der Waals surface area (Å²) >= 11 is 0. The summed E-state index contributed by atoms with van der Waals surface area (Å²) in [5.74, 6) is 0.743. The van der Waals surface area contributed by atoms with Crippen LogP contribution in [0.5, 0.6) is 0 Å². The molecule has 1 atom stereocenters. The van der Waals surface area contributed by atoms with Crippen LogP contribution >= 0.6 is 0 Å². The number of allylic oxidation sites excluding steroid dienone is 1. The van der Waals surface area contributed by atoms with Crippen LogP contribution in [0.3, 0.4) is 0 Å². The summed E-state index contributed by atoms with van der Waals surface area (Å²) in [5.41, 5.74) is 0. The van der Waals surface area contributed by atoms with Crippen LogP contribution in [0, 0.1) is 5.92 Å². The van der Waals surface area contributed by atoms with Crippen molar-refractivity contribution < 1.29 is 0 Å². The van der Waals surface area contributed by atoms with E-state index in [1.165, 1.54) is 39.0 Å². The maximum atomic E-state index is 3.64. The van der Waals surface area contributed by atoms with Gasteiger partial charge in [0.2, 0.25) is 0 Å². The fraction of sp³-hybridized carbons (Fsp3) is 0.846. The highest BCUT2D eigenvalue weighted by Crippen LogP contribution is 2.08. The third kappa shape index (κ3) is 4.80. The van der Waals surface area contributed by atoms with Crippen LogP contribution in [0.25, 0.3) is 0 Å². The predicted molar refractivity (Wildman–Crippen MR) is 67.1 cm³/mol. The summed E-state index contributed by atoms with van der Waals surface area (Å²) in [4.78, 5) is 2.60. The summed E-state index contributed by atoms with van der Waals surface area (Å²) in [5, 5.41) is 3.64. The summed E-state index contributed by atoms with van der Waals surface area (Å²) in [6.07, 6.45) is 6.90. The molecule has 0 saturated carbocycles. The maximum Gasteiger partial charge on any atom is 0.0217 e. The third-order valence-electron chi connectivity index (χ3n) is 3.16. The van der Waals surface area contributed by atoms with Crippen LogP contribution in [0.1, 0.15) is 33.6 Å². The van der Waals surface area contributed by atoms with Gasteiger partial charge in [-0.2, -0.15) is 0 Å². The second kappa shape index (κ2) is 7.02. The Morgan fingerprint density at radius 3 is 2.93 bits per heavy atom. The lowest BCUT2D eigenvalue weighted by Crippen LogP contribution is -2.41. The molecule has 1 N–H and O–H groups in total. The van der Waals surface area contributed by atoms with E-state index >= 15 is 0 Å². The number of rotatable bonds is 4. The molecular weight excluding hydrogens is 184 g/mol. The van der Waals surface area contributed by atoms with Gasteiger partial charge in [0.1, 0.15) is 0 Å².